The van der Waals surface area contributed by atoms with Crippen LogP contribution in [0.4, 0.5) is 5.69 Å². The Kier molecular flexibility index (Phi) is 4.95. The Labute approximate surface area is 202 Å². The van der Waals surface area contributed by atoms with Crippen LogP contribution in [-0.2, 0) is 26.2 Å². The highest BCUT2D eigenvalue weighted by Gasteiger charge is 2.62. The fourth-order valence-electron chi connectivity index (χ4n) is 8.03. The zero-order chi connectivity index (χ0) is 23.7. The first kappa shape index (κ1) is 21.9. The van der Waals surface area contributed by atoms with Crippen molar-refractivity contribution in [1.82, 2.24) is 0 Å². The summed E-state index contributed by atoms with van der Waals surface area (Å²) in [4.78, 5) is 28.8. The highest BCUT2D eigenvalue weighted by molar-refractivity contribution is 5.99. The van der Waals surface area contributed by atoms with Crippen LogP contribution in [0, 0.1) is 31.1 Å². The summed E-state index contributed by atoms with van der Waals surface area (Å²) in [6.45, 7) is 6.76. The van der Waals surface area contributed by atoms with E-state index in [1.165, 1.54) is 41.5 Å². The molecule has 1 aliphatic heterocycles. The number of fused-ring (bicyclic) bond motifs is 1. The van der Waals surface area contributed by atoms with E-state index < -0.39 is 11.5 Å². The Bertz CT molecular complexity index is 1150. The minimum Gasteiger partial charge on any atom is -0.452 e. The van der Waals surface area contributed by atoms with Gasteiger partial charge >= 0.3 is 5.97 Å². The summed E-state index contributed by atoms with van der Waals surface area (Å²) in [6, 6.07) is 14.9. The van der Waals surface area contributed by atoms with E-state index in [0.717, 1.165) is 31.4 Å². The van der Waals surface area contributed by atoms with Gasteiger partial charge in [0.1, 0.15) is 0 Å². The topological polar surface area (TPSA) is 46.6 Å². The zero-order valence-electron chi connectivity index (χ0n) is 20.6. The number of hydrogen-bond donors (Lipinski definition) is 0. The van der Waals surface area contributed by atoms with Crippen LogP contribution >= 0.6 is 0 Å². The van der Waals surface area contributed by atoms with Crippen LogP contribution in [0.3, 0.4) is 0 Å². The second-order valence-corrected chi connectivity index (χ2v) is 11.7. The summed E-state index contributed by atoms with van der Waals surface area (Å²) in [6.07, 6.45) is 6.39. The largest absolute Gasteiger partial charge is 0.452 e. The minimum atomic E-state index is -0.760. The van der Waals surface area contributed by atoms with Crippen molar-refractivity contribution in [3.8, 4) is 0 Å². The van der Waals surface area contributed by atoms with Crippen LogP contribution in [0.25, 0.3) is 0 Å². The normalized spacial score (nSPS) is 31.9. The Hall–Kier alpha value is -2.62. The second kappa shape index (κ2) is 7.69. The first-order valence-electron chi connectivity index (χ1n) is 13.0. The van der Waals surface area contributed by atoms with Gasteiger partial charge in [0.25, 0.3) is 5.91 Å². The molecule has 4 saturated carbocycles. The van der Waals surface area contributed by atoms with Gasteiger partial charge in [0.15, 0.2) is 6.10 Å². The van der Waals surface area contributed by atoms with Gasteiger partial charge in [-0.05, 0) is 111 Å². The third-order valence-corrected chi connectivity index (χ3v) is 9.40. The fourth-order valence-corrected chi connectivity index (χ4v) is 8.03. The molecule has 5 aliphatic rings. The van der Waals surface area contributed by atoms with Gasteiger partial charge in [-0.25, -0.2) is 0 Å². The Morgan fingerprint density at radius 1 is 1.00 bits per heavy atom. The molecule has 2 aromatic rings. The molecule has 3 unspecified atom stereocenters. The lowest BCUT2D eigenvalue weighted by molar-refractivity contribution is -0.180. The van der Waals surface area contributed by atoms with Crippen molar-refractivity contribution in [2.24, 2.45) is 17.3 Å². The number of esters is 1. The number of carbonyl (C=O) groups excluding carboxylic acids is 2. The average Bonchev–Trinajstić information content (AvgIpc) is 3.23. The van der Waals surface area contributed by atoms with Crippen LogP contribution in [0.2, 0.25) is 0 Å². The monoisotopic (exact) mass is 457 g/mol. The van der Waals surface area contributed by atoms with Gasteiger partial charge in [0.2, 0.25) is 0 Å². The Morgan fingerprint density at radius 2 is 1.74 bits per heavy atom. The first-order valence-corrected chi connectivity index (χ1v) is 13.0. The SMILES string of the molecule is Cc1ccc(C23CC4CC(CC(C(=O)OC(C)C(=O)N5CCc6ccccc65)(C4)C2)C3)cc1C. The lowest BCUT2D eigenvalue weighted by Gasteiger charge is -2.61. The Balaban J connectivity index is 1.23. The summed E-state index contributed by atoms with van der Waals surface area (Å²) in [5.74, 6) is 0.911. The lowest BCUT2D eigenvalue weighted by atomic mass is 9.43. The number of carbonyl (C=O) groups is 2. The molecule has 3 atom stereocenters. The highest BCUT2D eigenvalue weighted by atomic mass is 16.5. The van der Waals surface area contributed by atoms with Crippen molar-refractivity contribution in [1.29, 1.82) is 0 Å². The number of aryl methyl sites for hydroxylation is 2. The molecule has 4 fully saturated rings. The summed E-state index contributed by atoms with van der Waals surface area (Å²) in [7, 11) is 0. The molecule has 0 saturated heterocycles. The molecule has 178 valence electrons. The van der Waals surface area contributed by atoms with Crippen molar-refractivity contribution in [2.45, 2.75) is 77.2 Å². The minimum absolute atomic E-state index is 0.0721. The van der Waals surface area contributed by atoms with E-state index in [1.54, 1.807) is 11.8 Å². The molecule has 4 heteroatoms. The molecule has 7 rings (SSSR count). The van der Waals surface area contributed by atoms with E-state index in [2.05, 4.69) is 38.1 Å². The molecule has 4 aliphatic carbocycles. The molecule has 0 spiro atoms. The summed E-state index contributed by atoms with van der Waals surface area (Å²) < 4.78 is 6.02. The number of rotatable bonds is 4. The predicted octanol–water partition coefficient (Wildman–Crippen LogP) is 5.66. The van der Waals surface area contributed by atoms with Gasteiger partial charge < -0.3 is 9.64 Å². The summed E-state index contributed by atoms with van der Waals surface area (Å²) in [5, 5.41) is 0. The third kappa shape index (κ3) is 3.32. The van der Waals surface area contributed by atoms with E-state index in [-0.39, 0.29) is 17.3 Å². The smallest absolute Gasteiger partial charge is 0.312 e. The van der Waals surface area contributed by atoms with Gasteiger partial charge in [-0.1, -0.05) is 36.4 Å². The van der Waals surface area contributed by atoms with Crippen LogP contribution in [0.5, 0.6) is 0 Å². The maximum Gasteiger partial charge on any atom is 0.312 e. The van der Waals surface area contributed by atoms with Crippen molar-refractivity contribution in [3.05, 3.63) is 64.7 Å². The molecule has 34 heavy (non-hydrogen) atoms. The highest BCUT2D eigenvalue weighted by Crippen LogP contribution is 2.66. The van der Waals surface area contributed by atoms with Crippen LogP contribution < -0.4 is 4.90 Å². The maximum absolute atomic E-state index is 13.8. The molecular weight excluding hydrogens is 422 g/mol. The molecule has 2 aromatic carbocycles. The first-order chi connectivity index (χ1) is 16.3. The van der Waals surface area contributed by atoms with E-state index in [1.807, 2.05) is 18.2 Å². The van der Waals surface area contributed by atoms with Crippen molar-refractivity contribution >= 4 is 17.6 Å². The van der Waals surface area contributed by atoms with E-state index >= 15 is 0 Å². The molecule has 1 amide bonds. The van der Waals surface area contributed by atoms with Crippen LogP contribution in [0.1, 0.15) is 67.7 Å². The van der Waals surface area contributed by atoms with Crippen LogP contribution in [-0.4, -0.2) is 24.5 Å². The third-order valence-electron chi connectivity index (χ3n) is 9.40. The lowest BCUT2D eigenvalue weighted by Crippen LogP contribution is -2.57. The van der Waals surface area contributed by atoms with Crippen molar-refractivity contribution in [2.75, 3.05) is 11.4 Å². The molecule has 1 heterocycles. The summed E-state index contributed by atoms with van der Waals surface area (Å²) >= 11 is 0. The number of anilines is 1. The van der Waals surface area contributed by atoms with Crippen molar-refractivity contribution < 1.29 is 14.3 Å². The zero-order valence-corrected chi connectivity index (χ0v) is 20.6. The van der Waals surface area contributed by atoms with E-state index in [4.69, 9.17) is 4.74 Å². The quantitative estimate of drug-likeness (QED) is 0.557. The number of hydrogen-bond acceptors (Lipinski definition) is 3. The fraction of sp³-hybridized carbons (Fsp3) is 0.533. The van der Waals surface area contributed by atoms with Gasteiger partial charge in [0, 0.05) is 12.2 Å². The Morgan fingerprint density at radius 3 is 2.47 bits per heavy atom. The van der Waals surface area contributed by atoms with Gasteiger partial charge in [-0.2, -0.15) is 0 Å². The number of nitrogens with zero attached hydrogens (tertiary/aromatic N) is 1. The molecule has 4 bridgehead atoms. The van der Waals surface area contributed by atoms with Gasteiger partial charge in [0.05, 0.1) is 5.41 Å². The molecule has 0 N–H and O–H groups in total. The predicted molar refractivity (Wildman–Crippen MR) is 133 cm³/mol. The van der Waals surface area contributed by atoms with E-state index in [0.29, 0.717) is 18.4 Å². The molecule has 4 nitrogen and oxygen atoms in total. The number of benzene rings is 2. The standard InChI is InChI=1S/C30H35NO3/c1-19-8-9-25(12-20(19)2)29-14-22-13-23(15-29)17-30(16-22,18-29)28(33)34-21(3)27(32)31-11-10-24-6-4-5-7-26(24)31/h4-9,12,21-23H,10-11,13-18H2,1-3H3. The maximum atomic E-state index is 13.8. The average molecular weight is 458 g/mol. The van der Waals surface area contributed by atoms with Gasteiger partial charge in [-0.15, -0.1) is 0 Å². The number of ether oxygens (including phenoxy) is 1. The van der Waals surface area contributed by atoms with Crippen molar-refractivity contribution in [3.63, 3.8) is 0 Å². The van der Waals surface area contributed by atoms with E-state index in [9.17, 15) is 9.59 Å². The summed E-state index contributed by atoms with van der Waals surface area (Å²) in [5.41, 5.74) is 5.82. The van der Waals surface area contributed by atoms with Crippen LogP contribution in [0.15, 0.2) is 42.5 Å². The number of amides is 1. The second-order valence-electron chi connectivity index (χ2n) is 11.7. The molecule has 0 aromatic heterocycles. The van der Waals surface area contributed by atoms with Gasteiger partial charge in [-0.3, -0.25) is 9.59 Å². The molecular formula is C30H35NO3. The number of para-hydroxylation sites is 1. The molecule has 0 radical (unpaired) electrons.